The van der Waals surface area contributed by atoms with Gasteiger partial charge in [0.2, 0.25) is 0 Å². The van der Waals surface area contributed by atoms with E-state index in [1.807, 2.05) is 0 Å². The van der Waals surface area contributed by atoms with Gasteiger partial charge in [0, 0.05) is 12.5 Å². The molecule has 0 saturated carbocycles. The summed E-state index contributed by atoms with van der Waals surface area (Å²) in [4.78, 5) is 3.92. The molecule has 1 N–H and O–H groups in total. The third-order valence-electron chi connectivity index (χ3n) is 1.84. The average molecular weight is 260 g/mol. The molecule has 0 saturated heterocycles. The molecule has 0 aromatic rings. The lowest BCUT2D eigenvalue weighted by Crippen LogP contribution is -2.32. The number of hydrogen-bond donors (Lipinski definition) is 1. The summed E-state index contributed by atoms with van der Waals surface area (Å²) in [6, 6.07) is 0. The Bertz CT molecular complexity index is 377. The molecule has 16 heavy (non-hydrogen) atoms. The summed E-state index contributed by atoms with van der Waals surface area (Å²) in [5.74, 6) is -0.998. The highest BCUT2D eigenvalue weighted by atomic mass is 32.2. The molecule has 1 aliphatic rings. The van der Waals surface area contributed by atoms with E-state index in [-0.39, 0.29) is 0 Å². The molecular weight excluding hydrogens is 249 g/mol. The monoisotopic (exact) mass is 260 g/mol. The number of aliphatic imine (C=N–C) groups is 1. The van der Waals surface area contributed by atoms with Crippen molar-refractivity contribution in [2.24, 2.45) is 10.9 Å². The molecule has 0 aliphatic carbocycles. The molecular formula is C7H11F3N2O3S. The van der Waals surface area contributed by atoms with E-state index in [1.54, 1.807) is 0 Å². The van der Waals surface area contributed by atoms with Crippen molar-refractivity contribution < 1.29 is 25.8 Å². The Kier molecular flexibility index (Phi) is 3.79. The van der Waals surface area contributed by atoms with Crippen LogP contribution in [0.1, 0.15) is 6.92 Å². The Morgan fingerprint density at radius 2 is 2.19 bits per heavy atom. The van der Waals surface area contributed by atoms with Gasteiger partial charge in [-0.3, -0.25) is 4.99 Å². The Morgan fingerprint density at radius 3 is 2.62 bits per heavy atom. The van der Waals surface area contributed by atoms with Crippen LogP contribution in [0.2, 0.25) is 0 Å². The summed E-state index contributed by atoms with van der Waals surface area (Å²) in [5.41, 5.74) is 0. The maximum absolute atomic E-state index is 11.7. The molecule has 1 atom stereocenters. The van der Waals surface area contributed by atoms with Crippen LogP contribution in [0.3, 0.4) is 0 Å². The van der Waals surface area contributed by atoms with Crippen LogP contribution in [0.15, 0.2) is 4.99 Å². The van der Waals surface area contributed by atoms with Crippen LogP contribution in [0.4, 0.5) is 13.2 Å². The predicted molar refractivity (Wildman–Crippen MR) is 50.4 cm³/mol. The molecule has 0 radical (unpaired) electrons. The number of nitrogens with one attached hydrogen (secondary N) is 1. The normalized spacial score (nSPS) is 19.1. The fourth-order valence-electron chi connectivity index (χ4n) is 1.31. The van der Waals surface area contributed by atoms with Crippen LogP contribution in [0.25, 0.3) is 0 Å². The number of nitrogens with zero attached hydrogens (tertiary/aromatic N) is 1. The first kappa shape index (κ1) is 13.2. The summed E-state index contributed by atoms with van der Waals surface area (Å²) in [7, 11) is -4.62. The number of amidine groups is 1. The molecule has 94 valence electrons. The lowest BCUT2D eigenvalue weighted by atomic mass is 10.2. The van der Waals surface area contributed by atoms with E-state index in [2.05, 4.69) is 14.5 Å². The van der Waals surface area contributed by atoms with E-state index in [0.717, 1.165) is 0 Å². The molecule has 0 aromatic carbocycles. The highest BCUT2D eigenvalue weighted by Gasteiger charge is 2.38. The van der Waals surface area contributed by atoms with Gasteiger partial charge in [0.05, 0.1) is 12.3 Å². The topological polar surface area (TPSA) is 67.8 Å². The Morgan fingerprint density at radius 1 is 1.56 bits per heavy atom. The summed E-state index contributed by atoms with van der Waals surface area (Å²) in [6.07, 6.45) is -5.18. The molecule has 1 unspecified atom stereocenters. The highest BCUT2D eigenvalue weighted by molar-refractivity contribution is 7.86. The predicted octanol–water partition coefficient (Wildman–Crippen LogP) is 0.490. The van der Waals surface area contributed by atoms with Crippen LogP contribution < -0.4 is 5.32 Å². The number of rotatable bonds is 4. The van der Waals surface area contributed by atoms with Crippen molar-refractivity contribution in [3.05, 3.63) is 0 Å². The van der Waals surface area contributed by atoms with Gasteiger partial charge in [-0.15, -0.1) is 13.2 Å². The summed E-state index contributed by atoms with van der Waals surface area (Å²) in [6.45, 7) is 2.54. The molecule has 1 aliphatic heterocycles. The Hall–Kier alpha value is -0.830. The number of alkyl halides is 3. The zero-order chi connectivity index (χ0) is 12.4. The SMILES string of the molecule is CC(CS(=O)(=O)OC(F)(F)F)C1=NCCN1. The van der Waals surface area contributed by atoms with E-state index in [0.29, 0.717) is 18.9 Å². The van der Waals surface area contributed by atoms with Gasteiger partial charge in [-0.25, -0.2) is 0 Å². The minimum atomic E-state index is -5.18. The third-order valence-corrected chi connectivity index (χ3v) is 3.19. The second-order valence-electron chi connectivity index (χ2n) is 3.35. The molecule has 1 rings (SSSR count). The lowest BCUT2D eigenvalue weighted by molar-refractivity contribution is -0.271. The average Bonchev–Trinajstić information content (AvgIpc) is 2.48. The maximum Gasteiger partial charge on any atom is 0.537 e. The Balaban J connectivity index is 2.59. The minimum Gasteiger partial charge on any atom is -0.372 e. The van der Waals surface area contributed by atoms with Crippen LogP contribution >= 0.6 is 0 Å². The van der Waals surface area contributed by atoms with Crippen molar-refractivity contribution in [2.75, 3.05) is 18.8 Å². The van der Waals surface area contributed by atoms with Crippen molar-refractivity contribution in [3.63, 3.8) is 0 Å². The number of halogens is 3. The van der Waals surface area contributed by atoms with Crippen LogP contribution in [-0.2, 0) is 14.3 Å². The van der Waals surface area contributed by atoms with Gasteiger partial charge in [0.15, 0.2) is 0 Å². The van der Waals surface area contributed by atoms with Crippen molar-refractivity contribution in [3.8, 4) is 0 Å². The zero-order valence-electron chi connectivity index (χ0n) is 8.41. The van der Waals surface area contributed by atoms with Gasteiger partial charge in [0.1, 0.15) is 5.84 Å². The third kappa shape index (κ3) is 4.35. The molecule has 0 spiro atoms. The smallest absolute Gasteiger partial charge is 0.372 e. The zero-order valence-corrected chi connectivity index (χ0v) is 9.23. The lowest BCUT2D eigenvalue weighted by Gasteiger charge is -2.13. The highest BCUT2D eigenvalue weighted by Crippen LogP contribution is 2.21. The quantitative estimate of drug-likeness (QED) is 0.747. The molecule has 1 heterocycles. The van der Waals surface area contributed by atoms with E-state index in [9.17, 15) is 21.6 Å². The van der Waals surface area contributed by atoms with Crippen LogP contribution in [0, 0.1) is 5.92 Å². The first-order valence-electron chi connectivity index (χ1n) is 4.48. The van der Waals surface area contributed by atoms with Gasteiger partial charge < -0.3 is 5.32 Å². The van der Waals surface area contributed by atoms with E-state index in [1.165, 1.54) is 6.92 Å². The van der Waals surface area contributed by atoms with Crippen LogP contribution in [0.5, 0.6) is 0 Å². The van der Waals surface area contributed by atoms with E-state index < -0.39 is 28.2 Å². The van der Waals surface area contributed by atoms with Gasteiger partial charge >= 0.3 is 6.36 Å². The first-order valence-corrected chi connectivity index (χ1v) is 6.05. The van der Waals surface area contributed by atoms with Crippen molar-refractivity contribution in [1.82, 2.24) is 5.32 Å². The number of hydrogen-bond acceptors (Lipinski definition) is 5. The van der Waals surface area contributed by atoms with Gasteiger partial charge in [-0.2, -0.15) is 12.6 Å². The molecule has 9 heteroatoms. The molecule has 0 aromatic heterocycles. The van der Waals surface area contributed by atoms with Crippen molar-refractivity contribution in [1.29, 1.82) is 0 Å². The minimum absolute atomic E-state index is 0.398. The van der Waals surface area contributed by atoms with Crippen molar-refractivity contribution >= 4 is 16.0 Å². The largest absolute Gasteiger partial charge is 0.537 e. The molecule has 0 amide bonds. The first-order chi connectivity index (χ1) is 7.20. The molecule has 5 nitrogen and oxygen atoms in total. The Labute approximate surface area is 90.8 Å². The molecule has 0 bridgehead atoms. The standard InChI is InChI=1S/C7H11F3N2O3S/c1-5(6-11-2-3-12-6)4-16(13,14)15-7(8,9)10/h5H,2-4H2,1H3,(H,11,12). The van der Waals surface area contributed by atoms with Crippen molar-refractivity contribution in [2.45, 2.75) is 13.3 Å². The fourth-order valence-corrected chi connectivity index (χ4v) is 2.44. The maximum atomic E-state index is 11.7. The van der Waals surface area contributed by atoms with Gasteiger partial charge in [-0.1, -0.05) is 6.92 Å². The second kappa shape index (κ2) is 4.58. The van der Waals surface area contributed by atoms with Crippen LogP contribution in [-0.4, -0.2) is 39.5 Å². The summed E-state index contributed by atoms with van der Waals surface area (Å²) in [5, 5.41) is 2.79. The molecule has 0 fully saturated rings. The fraction of sp³-hybridized carbons (Fsp3) is 0.857. The second-order valence-corrected chi connectivity index (χ2v) is 4.96. The summed E-state index contributed by atoms with van der Waals surface area (Å²) < 4.78 is 60.2. The summed E-state index contributed by atoms with van der Waals surface area (Å²) >= 11 is 0. The van der Waals surface area contributed by atoms with E-state index >= 15 is 0 Å². The van der Waals surface area contributed by atoms with E-state index in [4.69, 9.17) is 0 Å². The van der Waals surface area contributed by atoms with Gasteiger partial charge in [0.25, 0.3) is 10.1 Å². The van der Waals surface area contributed by atoms with Gasteiger partial charge in [-0.05, 0) is 0 Å².